The zero-order valence-electron chi connectivity index (χ0n) is 15.4. The summed E-state index contributed by atoms with van der Waals surface area (Å²) in [5.41, 5.74) is 0.213. The molecule has 3 rings (SSSR count). The monoisotopic (exact) mass is 430 g/mol. The van der Waals surface area contributed by atoms with Crippen molar-refractivity contribution in [2.45, 2.75) is 43.3 Å². The highest BCUT2D eigenvalue weighted by Crippen LogP contribution is 2.40. The standard InChI is InChI=1S/C19H21F3N2O4S/c20-19(21,22)14-5-1-4-13(10-14)18(25)24-15-6-2-8-17(11-15)29(26,27)23-12-16-7-3-9-28-16/h2-3,6-9,11,13-14,23H,1,4-5,10,12H2,(H,24,25). The summed E-state index contributed by atoms with van der Waals surface area (Å²) in [4.78, 5) is 12.4. The Morgan fingerprint density at radius 2 is 1.97 bits per heavy atom. The number of anilines is 1. The molecule has 0 aliphatic heterocycles. The third-order valence-corrected chi connectivity index (χ3v) is 6.34. The van der Waals surface area contributed by atoms with Gasteiger partial charge in [-0.15, -0.1) is 0 Å². The fourth-order valence-electron chi connectivity index (χ4n) is 3.37. The molecule has 1 aromatic carbocycles. The van der Waals surface area contributed by atoms with Gasteiger partial charge in [0.2, 0.25) is 15.9 Å². The summed E-state index contributed by atoms with van der Waals surface area (Å²) in [6.07, 6.45) is -2.41. The van der Waals surface area contributed by atoms with E-state index < -0.39 is 33.9 Å². The van der Waals surface area contributed by atoms with Gasteiger partial charge in [-0.1, -0.05) is 12.5 Å². The van der Waals surface area contributed by atoms with Crippen molar-refractivity contribution in [2.24, 2.45) is 11.8 Å². The predicted molar refractivity (Wildman–Crippen MR) is 99.3 cm³/mol. The van der Waals surface area contributed by atoms with Gasteiger partial charge in [-0.2, -0.15) is 13.2 Å². The normalized spacial score (nSPS) is 20.4. The molecule has 1 aliphatic carbocycles. The van der Waals surface area contributed by atoms with Crippen molar-refractivity contribution in [3.8, 4) is 0 Å². The lowest BCUT2D eigenvalue weighted by molar-refractivity contribution is -0.185. The van der Waals surface area contributed by atoms with Crippen LogP contribution >= 0.6 is 0 Å². The second-order valence-electron chi connectivity index (χ2n) is 7.02. The summed E-state index contributed by atoms with van der Waals surface area (Å²) in [6, 6.07) is 8.84. The Kier molecular flexibility index (Phi) is 6.33. The molecule has 2 N–H and O–H groups in total. The van der Waals surface area contributed by atoms with E-state index in [2.05, 4.69) is 10.0 Å². The first-order valence-electron chi connectivity index (χ1n) is 9.15. The second-order valence-corrected chi connectivity index (χ2v) is 8.79. The number of amides is 1. The molecule has 1 fully saturated rings. The Balaban J connectivity index is 1.65. The number of carbonyl (C=O) groups excluding carboxylic acids is 1. The highest BCUT2D eigenvalue weighted by atomic mass is 32.2. The van der Waals surface area contributed by atoms with Crippen molar-refractivity contribution in [1.29, 1.82) is 0 Å². The largest absolute Gasteiger partial charge is 0.468 e. The maximum Gasteiger partial charge on any atom is 0.391 e. The first kappa shape index (κ1) is 21.4. The molecular formula is C19H21F3N2O4S. The molecule has 2 aromatic rings. The van der Waals surface area contributed by atoms with E-state index in [9.17, 15) is 26.4 Å². The van der Waals surface area contributed by atoms with Crippen LogP contribution in [-0.4, -0.2) is 20.5 Å². The molecule has 1 aromatic heterocycles. The van der Waals surface area contributed by atoms with E-state index in [4.69, 9.17) is 4.42 Å². The average molecular weight is 430 g/mol. The number of halogens is 3. The third-order valence-electron chi connectivity index (χ3n) is 4.94. The van der Waals surface area contributed by atoms with E-state index in [1.54, 1.807) is 12.1 Å². The number of nitrogens with one attached hydrogen (secondary N) is 2. The highest BCUT2D eigenvalue weighted by molar-refractivity contribution is 7.89. The maximum absolute atomic E-state index is 13.0. The van der Waals surface area contributed by atoms with Gasteiger partial charge in [-0.25, -0.2) is 13.1 Å². The van der Waals surface area contributed by atoms with Gasteiger partial charge in [0.15, 0.2) is 0 Å². The molecule has 0 saturated heterocycles. The lowest BCUT2D eigenvalue weighted by atomic mass is 9.80. The van der Waals surface area contributed by atoms with Gasteiger partial charge in [-0.3, -0.25) is 4.79 Å². The highest BCUT2D eigenvalue weighted by Gasteiger charge is 2.43. The summed E-state index contributed by atoms with van der Waals surface area (Å²) in [7, 11) is -3.86. The van der Waals surface area contributed by atoms with E-state index in [0.717, 1.165) is 0 Å². The molecule has 2 unspecified atom stereocenters. The van der Waals surface area contributed by atoms with Gasteiger partial charge >= 0.3 is 6.18 Å². The Morgan fingerprint density at radius 3 is 2.66 bits per heavy atom. The van der Waals surface area contributed by atoms with Crippen LogP contribution in [0.4, 0.5) is 18.9 Å². The van der Waals surface area contributed by atoms with E-state index in [1.807, 2.05) is 0 Å². The smallest absolute Gasteiger partial charge is 0.391 e. The summed E-state index contributed by atoms with van der Waals surface area (Å²) < 4.78 is 71.2. The van der Waals surface area contributed by atoms with Gasteiger partial charge in [0.25, 0.3) is 0 Å². The molecule has 1 aliphatic rings. The zero-order valence-corrected chi connectivity index (χ0v) is 16.2. The summed E-state index contributed by atoms with van der Waals surface area (Å²) >= 11 is 0. The number of rotatable bonds is 6. The van der Waals surface area contributed by atoms with E-state index in [-0.39, 0.29) is 30.0 Å². The summed E-state index contributed by atoms with van der Waals surface area (Å²) in [5.74, 6) is -2.33. The predicted octanol–water partition coefficient (Wildman–Crippen LogP) is 4.07. The van der Waals surface area contributed by atoms with Crippen LogP contribution in [0.25, 0.3) is 0 Å². The molecule has 0 radical (unpaired) electrons. The van der Waals surface area contributed by atoms with E-state index in [0.29, 0.717) is 18.6 Å². The van der Waals surface area contributed by atoms with Crippen LogP contribution in [0.2, 0.25) is 0 Å². The number of sulfonamides is 1. The lowest BCUT2D eigenvalue weighted by Gasteiger charge is -2.29. The fourth-order valence-corrected chi connectivity index (χ4v) is 4.41. The molecule has 29 heavy (non-hydrogen) atoms. The molecule has 10 heteroatoms. The van der Waals surface area contributed by atoms with Crippen molar-refractivity contribution in [2.75, 3.05) is 5.32 Å². The molecule has 6 nitrogen and oxygen atoms in total. The van der Waals surface area contributed by atoms with Gasteiger partial charge < -0.3 is 9.73 Å². The van der Waals surface area contributed by atoms with Crippen molar-refractivity contribution in [3.63, 3.8) is 0 Å². The van der Waals surface area contributed by atoms with Crippen LogP contribution in [0, 0.1) is 11.8 Å². The Labute approximate surface area is 166 Å². The summed E-state index contributed by atoms with van der Waals surface area (Å²) in [6.45, 7) is -0.0349. The topological polar surface area (TPSA) is 88.4 Å². The third kappa shape index (κ3) is 5.60. The molecule has 2 atom stereocenters. The lowest BCUT2D eigenvalue weighted by Crippen LogP contribution is -2.34. The first-order chi connectivity index (χ1) is 13.6. The van der Waals surface area contributed by atoms with Crippen molar-refractivity contribution >= 4 is 21.6 Å². The van der Waals surface area contributed by atoms with Crippen LogP contribution in [0.5, 0.6) is 0 Å². The number of hydrogen-bond acceptors (Lipinski definition) is 4. The van der Waals surface area contributed by atoms with E-state index >= 15 is 0 Å². The van der Waals surface area contributed by atoms with Crippen molar-refractivity contribution in [1.82, 2.24) is 4.72 Å². The van der Waals surface area contributed by atoms with Gasteiger partial charge in [0, 0.05) is 11.6 Å². The van der Waals surface area contributed by atoms with Crippen molar-refractivity contribution in [3.05, 3.63) is 48.4 Å². The summed E-state index contributed by atoms with van der Waals surface area (Å²) in [5, 5.41) is 2.55. The van der Waals surface area contributed by atoms with Gasteiger partial charge in [0.05, 0.1) is 23.6 Å². The van der Waals surface area contributed by atoms with Crippen LogP contribution in [0.3, 0.4) is 0 Å². The average Bonchev–Trinajstić information content (AvgIpc) is 3.20. The molecule has 158 valence electrons. The van der Waals surface area contributed by atoms with Gasteiger partial charge in [-0.05, 0) is 49.6 Å². The minimum Gasteiger partial charge on any atom is -0.468 e. The minimum absolute atomic E-state index is 0.0301. The van der Waals surface area contributed by atoms with E-state index in [1.165, 1.54) is 30.5 Å². The molecule has 0 bridgehead atoms. The van der Waals surface area contributed by atoms with Crippen LogP contribution in [0.1, 0.15) is 31.4 Å². The number of carbonyl (C=O) groups is 1. The molecule has 1 saturated carbocycles. The quantitative estimate of drug-likeness (QED) is 0.723. The van der Waals surface area contributed by atoms with Crippen LogP contribution in [0.15, 0.2) is 52.0 Å². The zero-order chi connectivity index (χ0) is 21.1. The molecule has 0 spiro atoms. The Morgan fingerprint density at radius 1 is 1.17 bits per heavy atom. The number of benzene rings is 1. The maximum atomic E-state index is 13.0. The molecule has 1 amide bonds. The SMILES string of the molecule is O=C(Nc1cccc(S(=O)(=O)NCc2ccco2)c1)C1CCCC(C(F)(F)F)C1. The number of alkyl halides is 3. The Bertz CT molecular complexity index is 943. The van der Waals surface area contributed by atoms with Crippen molar-refractivity contribution < 1.29 is 30.8 Å². The van der Waals surface area contributed by atoms with Crippen LogP contribution in [-0.2, 0) is 21.4 Å². The second kappa shape index (κ2) is 8.58. The molecule has 1 heterocycles. The molecular weight excluding hydrogens is 409 g/mol. The first-order valence-corrected chi connectivity index (χ1v) is 10.6. The van der Waals surface area contributed by atoms with Crippen LogP contribution < -0.4 is 10.0 Å². The Hall–Kier alpha value is -2.33. The van der Waals surface area contributed by atoms with Gasteiger partial charge in [0.1, 0.15) is 5.76 Å². The minimum atomic E-state index is -4.31. The number of furan rings is 1. The fraction of sp³-hybridized carbons (Fsp3) is 0.421. The number of hydrogen-bond donors (Lipinski definition) is 2.